The number of aromatic amines is 1. The van der Waals surface area contributed by atoms with Crippen molar-refractivity contribution in [2.75, 3.05) is 0 Å². The van der Waals surface area contributed by atoms with Crippen LogP contribution in [0.1, 0.15) is 41.8 Å². The van der Waals surface area contributed by atoms with E-state index in [1.807, 2.05) is 43.3 Å². The van der Waals surface area contributed by atoms with Gasteiger partial charge in [-0.1, -0.05) is 37.2 Å². The summed E-state index contributed by atoms with van der Waals surface area (Å²) in [6.07, 6.45) is 3.17. The van der Waals surface area contributed by atoms with E-state index < -0.39 is 0 Å². The molecule has 0 fully saturated rings. The zero-order chi connectivity index (χ0) is 23.2. The van der Waals surface area contributed by atoms with Crippen molar-refractivity contribution >= 4 is 17.5 Å². The molecule has 9 heteroatoms. The summed E-state index contributed by atoms with van der Waals surface area (Å²) in [5.74, 6) is 0.951. The predicted octanol–water partition coefficient (Wildman–Crippen LogP) is 4.85. The van der Waals surface area contributed by atoms with Crippen LogP contribution in [0.15, 0.2) is 64.6 Å². The topological polar surface area (TPSA) is 114 Å². The lowest BCUT2D eigenvalue weighted by Gasteiger charge is -2.15. The average Bonchev–Trinajstić information content (AvgIpc) is 3.35. The quantitative estimate of drug-likeness (QED) is 0.340. The second kappa shape index (κ2) is 10.3. The maximum Gasteiger partial charge on any atom is 0.204 e. The maximum atomic E-state index is 11.8. The molecule has 0 spiro atoms. The summed E-state index contributed by atoms with van der Waals surface area (Å²) in [6.45, 7) is 3.80. The number of nitrogens with zero attached hydrogens (tertiary/aromatic N) is 4. The highest BCUT2D eigenvalue weighted by atomic mass is 32.2. The summed E-state index contributed by atoms with van der Waals surface area (Å²) in [5, 5.41) is 25.4. The first-order valence-corrected chi connectivity index (χ1v) is 11.3. The minimum absolute atomic E-state index is 0.0127. The van der Waals surface area contributed by atoms with E-state index >= 15 is 0 Å². The number of carbonyl (C=O) groups is 1. The molecule has 4 aromatic rings. The van der Waals surface area contributed by atoms with E-state index in [4.69, 9.17) is 4.74 Å². The van der Waals surface area contributed by atoms with Gasteiger partial charge in [0, 0.05) is 22.2 Å². The molecule has 0 aliphatic heterocycles. The van der Waals surface area contributed by atoms with Crippen molar-refractivity contribution in [3.8, 4) is 22.9 Å². The molecule has 2 aromatic heterocycles. The smallest absolute Gasteiger partial charge is 0.204 e. The molecule has 0 saturated heterocycles. The first-order valence-electron chi connectivity index (χ1n) is 10.5. The highest BCUT2D eigenvalue weighted by molar-refractivity contribution is 7.99. The van der Waals surface area contributed by atoms with E-state index in [-0.39, 0.29) is 11.5 Å². The number of phenolic OH excluding ortho intramolecular Hbond substituents is 1. The zero-order valence-electron chi connectivity index (χ0n) is 18.3. The molecular weight excluding hydrogens is 438 g/mol. The molecule has 2 aromatic carbocycles. The third-order valence-electron chi connectivity index (χ3n) is 4.97. The van der Waals surface area contributed by atoms with E-state index in [0.717, 1.165) is 27.5 Å². The van der Waals surface area contributed by atoms with Gasteiger partial charge in [-0.2, -0.15) is 5.21 Å². The summed E-state index contributed by atoms with van der Waals surface area (Å²) in [5.41, 5.74) is 2.79. The number of nitrogens with one attached hydrogen (secondary N) is 1. The fourth-order valence-corrected chi connectivity index (χ4v) is 4.30. The minimum atomic E-state index is -0.168. The molecule has 0 amide bonds. The van der Waals surface area contributed by atoms with Gasteiger partial charge in [-0.3, -0.25) is 4.79 Å². The second-order valence-electron chi connectivity index (χ2n) is 7.40. The monoisotopic (exact) mass is 461 g/mol. The highest BCUT2D eigenvalue weighted by Gasteiger charge is 2.16. The van der Waals surface area contributed by atoms with Crippen molar-refractivity contribution in [1.29, 1.82) is 0 Å². The molecule has 168 valence electrons. The lowest BCUT2D eigenvalue weighted by molar-refractivity contribution is 0.101. The van der Waals surface area contributed by atoms with Gasteiger partial charge in [0.25, 0.3) is 0 Å². The molecule has 0 radical (unpaired) electrons. The van der Waals surface area contributed by atoms with Gasteiger partial charge >= 0.3 is 0 Å². The van der Waals surface area contributed by atoms with Gasteiger partial charge in [-0.25, -0.2) is 4.98 Å². The summed E-state index contributed by atoms with van der Waals surface area (Å²) >= 11 is 1.52. The van der Waals surface area contributed by atoms with Gasteiger partial charge < -0.3 is 9.84 Å². The molecule has 33 heavy (non-hydrogen) atoms. The summed E-state index contributed by atoms with van der Waals surface area (Å²) in [7, 11) is 0. The van der Waals surface area contributed by atoms with Crippen molar-refractivity contribution in [2.24, 2.45) is 0 Å². The molecule has 4 rings (SSSR count). The van der Waals surface area contributed by atoms with E-state index in [9.17, 15) is 9.90 Å². The normalized spacial score (nSPS) is 10.8. The lowest BCUT2D eigenvalue weighted by Crippen LogP contribution is -2.02. The van der Waals surface area contributed by atoms with Gasteiger partial charge in [0.05, 0.1) is 5.56 Å². The van der Waals surface area contributed by atoms with Crippen LogP contribution in [0, 0.1) is 0 Å². The van der Waals surface area contributed by atoms with Gasteiger partial charge in [0.15, 0.2) is 5.78 Å². The average molecular weight is 462 g/mol. The molecule has 0 atom stereocenters. The first-order chi connectivity index (χ1) is 16.0. The van der Waals surface area contributed by atoms with Crippen molar-refractivity contribution in [2.45, 2.75) is 43.2 Å². The van der Waals surface area contributed by atoms with Crippen molar-refractivity contribution < 1.29 is 14.6 Å². The fourth-order valence-electron chi connectivity index (χ4n) is 3.40. The van der Waals surface area contributed by atoms with Crippen LogP contribution in [0.5, 0.6) is 11.5 Å². The van der Waals surface area contributed by atoms with Crippen LogP contribution >= 0.6 is 11.8 Å². The van der Waals surface area contributed by atoms with Crippen molar-refractivity contribution in [3.05, 3.63) is 71.4 Å². The van der Waals surface area contributed by atoms with Crippen LogP contribution in [0.4, 0.5) is 0 Å². The van der Waals surface area contributed by atoms with Crippen LogP contribution in [-0.2, 0) is 13.0 Å². The number of Topliss-reactive ketones (excluding diaryl/α,β-unsaturated/α-hetero) is 1. The Hall–Kier alpha value is -3.72. The number of rotatable bonds is 9. The summed E-state index contributed by atoms with van der Waals surface area (Å²) < 4.78 is 6.04. The number of aromatic nitrogens is 5. The molecule has 2 N–H and O–H groups in total. The number of hydrogen-bond acceptors (Lipinski definition) is 8. The molecule has 8 nitrogen and oxygen atoms in total. The molecule has 0 saturated carbocycles. The number of hydrogen-bond donors (Lipinski definition) is 2. The number of tetrazole rings is 1. The second-order valence-corrected chi connectivity index (χ2v) is 8.49. The molecule has 0 unspecified atom stereocenters. The Morgan fingerprint density at radius 1 is 1.18 bits per heavy atom. The van der Waals surface area contributed by atoms with E-state index in [0.29, 0.717) is 35.7 Å². The number of phenols is 1. The number of carbonyl (C=O) groups excluding carboxylic acids is 1. The van der Waals surface area contributed by atoms with Gasteiger partial charge in [0.1, 0.15) is 23.1 Å². The molecule has 0 aliphatic carbocycles. The van der Waals surface area contributed by atoms with Crippen LogP contribution in [0.25, 0.3) is 11.4 Å². The summed E-state index contributed by atoms with van der Waals surface area (Å²) in [6, 6.07) is 15.1. The van der Waals surface area contributed by atoms with Crippen LogP contribution in [-0.4, -0.2) is 36.5 Å². The number of pyridine rings is 1. The number of ether oxygens (including phenoxy) is 1. The third kappa shape index (κ3) is 5.38. The van der Waals surface area contributed by atoms with E-state index in [2.05, 4.69) is 25.6 Å². The molecule has 0 aliphatic rings. The summed E-state index contributed by atoms with van der Waals surface area (Å²) in [4.78, 5) is 17.2. The standard InChI is InChI=1S/C24H23N5O3S/c1-3-5-20-21(9-8-19(15(2)30)23(20)31)32-14-16-6-4-7-18(12-16)33-22-13-17(10-11-25-22)24-26-28-29-27-24/h4,6-13,31H,3,5,14H2,1-2H3,(H,26,27,28,29). The Kier molecular flexibility index (Phi) is 6.99. The maximum absolute atomic E-state index is 11.8. The Morgan fingerprint density at radius 2 is 2.06 bits per heavy atom. The van der Waals surface area contributed by atoms with Crippen LogP contribution in [0.3, 0.4) is 0 Å². The molecule has 0 bridgehead atoms. The van der Waals surface area contributed by atoms with Gasteiger partial charge in [-0.05, 0) is 60.5 Å². The number of H-pyrrole nitrogens is 1. The van der Waals surface area contributed by atoms with Crippen LogP contribution < -0.4 is 4.74 Å². The lowest BCUT2D eigenvalue weighted by atomic mass is 10.0. The first kappa shape index (κ1) is 22.5. The van der Waals surface area contributed by atoms with Crippen LogP contribution in [0.2, 0.25) is 0 Å². The zero-order valence-corrected chi connectivity index (χ0v) is 19.1. The van der Waals surface area contributed by atoms with Gasteiger partial charge in [-0.15, -0.1) is 10.2 Å². The van der Waals surface area contributed by atoms with Gasteiger partial charge in [0.2, 0.25) is 5.82 Å². The Balaban J connectivity index is 1.49. The number of aromatic hydroxyl groups is 1. The van der Waals surface area contributed by atoms with Crippen molar-refractivity contribution in [1.82, 2.24) is 25.6 Å². The molecular formula is C24H23N5O3S. The number of benzene rings is 2. The minimum Gasteiger partial charge on any atom is -0.507 e. The van der Waals surface area contributed by atoms with Crippen molar-refractivity contribution in [3.63, 3.8) is 0 Å². The Morgan fingerprint density at radius 3 is 2.82 bits per heavy atom. The Bertz CT molecular complexity index is 1260. The largest absolute Gasteiger partial charge is 0.507 e. The fraction of sp³-hybridized carbons (Fsp3) is 0.208. The highest BCUT2D eigenvalue weighted by Crippen LogP contribution is 2.34. The third-order valence-corrected chi connectivity index (χ3v) is 5.89. The van der Waals surface area contributed by atoms with E-state index in [1.165, 1.54) is 18.7 Å². The molecule has 2 heterocycles. The predicted molar refractivity (Wildman–Crippen MR) is 124 cm³/mol. The van der Waals surface area contributed by atoms with E-state index in [1.54, 1.807) is 18.3 Å². The Labute approximate surface area is 195 Å². The SMILES string of the molecule is CCCc1c(OCc2cccc(Sc3cc(-c4nn[nH]n4)ccn3)c2)ccc(C(C)=O)c1O. The number of ketones is 1.